The van der Waals surface area contributed by atoms with E-state index in [1.807, 2.05) is 11.8 Å². The van der Waals surface area contributed by atoms with Gasteiger partial charge in [0.15, 0.2) is 0 Å². The van der Waals surface area contributed by atoms with Gasteiger partial charge in [-0.2, -0.15) is 0 Å². The molecule has 1 atom stereocenters. The molecule has 68 valence electrons. The lowest BCUT2D eigenvalue weighted by molar-refractivity contribution is -0.111. The van der Waals surface area contributed by atoms with E-state index in [-0.39, 0.29) is 4.75 Å². The third-order valence-electron chi connectivity index (χ3n) is 3.33. The Morgan fingerprint density at radius 3 is 2.50 bits per heavy atom. The van der Waals surface area contributed by atoms with Gasteiger partial charge in [0.2, 0.25) is 0 Å². The average molecular weight is 184 g/mol. The van der Waals surface area contributed by atoms with Crippen LogP contribution >= 0.6 is 11.8 Å². The monoisotopic (exact) mass is 184 g/mol. The van der Waals surface area contributed by atoms with Crippen molar-refractivity contribution in [1.29, 1.82) is 0 Å². The molecule has 0 radical (unpaired) electrons. The fraction of sp³-hybridized carbons (Fsp3) is 0.900. The molecule has 0 N–H and O–H groups in total. The summed E-state index contributed by atoms with van der Waals surface area (Å²) in [5, 5.41) is 0. The Kier molecular flexibility index (Phi) is 2.44. The normalized spacial score (nSPS) is 37.3. The summed E-state index contributed by atoms with van der Waals surface area (Å²) in [6.45, 7) is 0. The SMILES string of the molecule is O=CC1(C2CCCC2)CCCS1. The van der Waals surface area contributed by atoms with Crippen molar-refractivity contribution >= 4 is 18.0 Å². The fourth-order valence-electron chi connectivity index (χ4n) is 2.61. The van der Waals surface area contributed by atoms with E-state index in [2.05, 4.69) is 0 Å². The van der Waals surface area contributed by atoms with Gasteiger partial charge in [-0.25, -0.2) is 0 Å². The van der Waals surface area contributed by atoms with Gasteiger partial charge in [-0.15, -0.1) is 11.8 Å². The van der Waals surface area contributed by atoms with Crippen LogP contribution in [0.4, 0.5) is 0 Å². The highest BCUT2D eigenvalue weighted by molar-refractivity contribution is 8.01. The second kappa shape index (κ2) is 3.41. The molecule has 0 aromatic heterocycles. The molecule has 2 aliphatic rings. The maximum atomic E-state index is 11.1. The second-order valence-electron chi connectivity index (χ2n) is 4.01. The first-order valence-electron chi connectivity index (χ1n) is 4.98. The summed E-state index contributed by atoms with van der Waals surface area (Å²) >= 11 is 1.92. The first-order chi connectivity index (χ1) is 5.87. The Hall–Kier alpha value is 0.0200. The minimum atomic E-state index is 0.0521. The fourth-order valence-corrected chi connectivity index (χ4v) is 4.11. The van der Waals surface area contributed by atoms with Crippen molar-refractivity contribution in [1.82, 2.24) is 0 Å². The van der Waals surface area contributed by atoms with Crippen LogP contribution in [0.5, 0.6) is 0 Å². The Balaban J connectivity index is 2.09. The molecule has 1 nitrogen and oxygen atoms in total. The first-order valence-corrected chi connectivity index (χ1v) is 5.96. The van der Waals surface area contributed by atoms with Crippen LogP contribution in [0.1, 0.15) is 38.5 Å². The summed E-state index contributed by atoms with van der Waals surface area (Å²) < 4.78 is 0.0521. The summed E-state index contributed by atoms with van der Waals surface area (Å²) in [6, 6.07) is 0. The van der Waals surface area contributed by atoms with E-state index >= 15 is 0 Å². The van der Waals surface area contributed by atoms with Crippen molar-refractivity contribution in [2.75, 3.05) is 5.75 Å². The minimum absolute atomic E-state index is 0.0521. The smallest absolute Gasteiger partial charge is 0.136 e. The quantitative estimate of drug-likeness (QED) is 0.614. The lowest BCUT2D eigenvalue weighted by atomic mass is 9.88. The van der Waals surface area contributed by atoms with Gasteiger partial charge in [0.25, 0.3) is 0 Å². The lowest BCUT2D eigenvalue weighted by Gasteiger charge is -2.28. The van der Waals surface area contributed by atoms with Gasteiger partial charge in [-0.05, 0) is 37.4 Å². The molecule has 1 unspecified atom stereocenters. The maximum Gasteiger partial charge on any atom is 0.136 e. The van der Waals surface area contributed by atoms with Crippen molar-refractivity contribution in [2.45, 2.75) is 43.3 Å². The van der Waals surface area contributed by atoms with Crippen LogP contribution in [-0.2, 0) is 4.79 Å². The van der Waals surface area contributed by atoms with E-state index in [9.17, 15) is 4.79 Å². The van der Waals surface area contributed by atoms with Gasteiger partial charge < -0.3 is 4.79 Å². The third kappa shape index (κ3) is 1.30. The third-order valence-corrected chi connectivity index (χ3v) is 4.99. The van der Waals surface area contributed by atoms with Gasteiger partial charge in [0.05, 0.1) is 4.75 Å². The largest absolute Gasteiger partial charge is 0.302 e. The molecule has 0 aromatic rings. The molecule has 0 spiro atoms. The van der Waals surface area contributed by atoms with E-state index in [0.717, 1.165) is 6.42 Å². The Morgan fingerprint density at radius 1 is 1.25 bits per heavy atom. The maximum absolute atomic E-state index is 11.1. The lowest BCUT2D eigenvalue weighted by Crippen LogP contribution is -2.31. The molecule has 1 heterocycles. The Morgan fingerprint density at radius 2 is 2.00 bits per heavy atom. The number of carbonyl (C=O) groups excluding carboxylic acids is 1. The predicted molar refractivity (Wildman–Crippen MR) is 52.4 cm³/mol. The van der Waals surface area contributed by atoms with Crippen LogP contribution in [0.2, 0.25) is 0 Å². The molecule has 0 bridgehead atoms. The number of carbonyl (C=O) groups is 1. The molecular formula is C10H16OS. The summed E-state index contributed by atoms with van der Waals surface area (Å²) in [5.74, 6) is 1.91. The molecule has 1 saturated heterocycles. The molecule has 1 aliphatic carbocycles. The van der Waals surface area contributed by atoms with E-state index < -0.39 is 0 Å². The van der Waals surface area contributed by atoms with E-state index in [1.165, 1.54) is 44.1 Å². The summed E-state index contributed by atoms with van der Waals surface area (Å²) in [7, 11) is 0. The number of aldehydes is 1. The standard InChI is InChI=1S/C10H16OS/c11-8-10(6-3-7-12-10)9-4-1-2-5-9/h8-9H,1-7H2. The zero-order valence-electron chi connectivity index (χ0n) is 7.42. The van der Waals surface area contributed by atoms with Crippen LogP contribution in [0.3, 0.4) is 0 Å². The van der Waals surface area contributed by atoms with Crippen LogP contribution in [0.15, 0.2) is 0 Å². The molecule has 0 amide bonds. The van der Waals surface area contributed by atoms with Crippen LogP contribution in [-0.4, -0.2) is 16.8 Å². The molecule has 2 heteroatoms. The zero-order chi connectivity index (χ0) is 8.44. The van der Waals surface area contributed by atoms with E-state index in [4.69, 9.17) is 0 Å². The van der Waals surface area contributed by atoms with Crippen LogP contribution in [0.25, 0.3) is 0 Å². The van der Waals surface area contributed by atoms with E-state index in [0.29, 0.717) is 5.92 Å². The van der Waals surface area contributed by atoms with E-state index in [1.54, 1.807) is 0 Å². The summed E-state index contributed by atoms with van der Waals surface area (Å²) in [6.07, 6.45) is 8.94. The van der Waals surface area contributed by atoms with Gasteiger partial charge >= 0.3 is 0 Å². The number of hydrogen-bond donors (Lipinski definition) is 0. The van der Waals surface area contributed by atoms with Crippen molar-refractivity contribution in [2.24, 2.45) is 5.92 Å². The number of rotatable bonds is 2. The average Bonchev–Trinajstić information content (AvgIpc) is 2.76. The number of thioether (sulfide) groups is 1. The van der Waals surface area contributed by atoms with Crippen molar-refractivity contribution in [3.63, 3.8) is 0 Å². The Bertz CT molecular complexity index is 167. The van der Waals surface area contributed by atoms with Crippen molar-refractivity contribution in [3.05, 3.63) is 0 Å². The molecule has 2 rings (SSSR count). The van der Waals surface area contributed by atoms with Gasteiger partial charge in [-0.1, -0.05) is 12.8 Å². The zero-order valence-corrected chi connectivity index (χ0v) is 8.24. The van der Waals surface area contributed by atoms with Gasteiger partial charge in [-0.3, -0.25) is 0 Å². The second-order valence-corrected chi connectivity index (χ2v) is 5.46. The highest BCUT2D eigenvalue weighted by atomic mass is 32.2. The topological polar surface area (TPSA) is 17.1 Å². The van der Waals surface area contributed by atoms with Crippen LogP contribution in [0, 0.1) is 5.92 Å². The predicted octanol–water partition coefficient (Wildman–Crippen LogP) is 2.64. The molecule has 2 fully saturated rings. The highest BCUT2D eigenvalue weighted by Crippen LogP contribution is 2.48. The molecule has 12 heavy (non-hydrogen) atoms. The van der Waals surface area contributed by atoms with Gasteiger partial charge in [0, 0.05) is 0 Å². The Labute approximate surface area is 78.3 Å². The first kappa shape index (κ1) is 8.61. The van der Waals surface area contributed by atoms with Crippen LogP contribution < -0.4 is 0 Å². The summed E-state index contributed by atoms with van der Waals surface area (Å²) in [5.41, 5.74) is 0. The van der Waals surface area contributed by atoms with Gasteiger partial charge in [0.1, 0.15) is 6.29 Å². The molecule has 0 aromatic carbocycles. The van der Waals surface area contributed by atoms with Crippen molar-refractivity contribution in [3.8, 4) is 0 Å². The van der Waals surface area contributed by atoms with Crippen molar-refractivity contribution < 1.29 is 4.79 Å². The molecule has 1 aliphatic heterocycles. The number of hydrogen-bond acceptors (Lipinski definition) is 2. The molecule has 1 saturated carbocycles. The molecular weight excluding hydrogens is 168 g/mol. The highest BCUT2D eigenvalue weighted by Gasteiger charge is 2.42. The summed E-state index contributed by atoms with van der Waals surface area (Å²) in [4.78, 5) is 11.1. The minimum Gasteiger partial charge on any atom is -0.302 e.